The smallest absolute Gasteiger partial charge is 0.134 e. The van der Waals surface area contributed by atoms with Crippen molar-refractivity contribution in [2.75, 3.05) is 23.7 Å². The lowest BCUT2D eigenvalue weighted by Gasteiger charge is -2.41. The Morgan fingerprint density at radius 1 is 1.21 bits per heavy atom. The normalized spacial score (nSPS) is 27.1. The van der Waals surface area contributed by atoms with Gasteiger partial charge in [-0.2, -0.15) is 0 Å². The summed E-state index contributed by atoms with van der Waals surface area (Å²) in [5, 5.41) is 0. The standard InChI is InChI=1S/C15H24N4/c1-2-14-17-13(16)9-15(18-14)19-8-7-11-5-3-4-6-12(11)10-19/h9,11-12H,2-8,10H2,1H3,(H2,16,17,18). The van der Waals surface area contributed by atoms with Crippen molar-refractivity contribution in [3.05, 3.63) is 11.9 Å². The van der Waals surface area contributed by atoms with Crippen molar-refractivity contribution in [2.45, 2.75) is 45.4 Å². The predicted molar refractivity (Wildman–Crippen MR) is 78.1 cm³/mol. The van der Waals surface area contributed by atoms with E-state index in [4.69, 9.17) is 5.73 Å². The first-order chi connectivity index (χ1) is 9.26. The molecule has 0 spiro atoms. The first kappa shape index (κ1) is 12.7. The second kappa shape index (κ2) is 5.35. The minimum atomic E-state index is 0.604. The molecule has 1 saturated heterocycles. The Kier molecular flexibility index (Phi) is 3.58. The van der Waals surface area contributed by atoms with Crippen LogP contribution in [0.25, 0.3) is 0 Å². The van der Waals surface area contributed by atoms with E-state index in [1.54, 1.807) is 0 Å². The molecule has 1 aliphatic heterocycles. The van der Waals surface area contributed by atoms with Crippen LogP contribution in [0.1, 0.15) is 44.9 Å². The van der Waals surface area contributed by atoms with E-state index >= 15 is 0 Å². The lowest BCUT2D eigenvalue weighted by molar-refractivity contribution is 0.202. The number of hydrogen-bond donors (Lipinski definition) is 1. The number of nitrogens with two attached hydrogens (primary N) is 1. The monoisotopic (exact) mass is 260 g/mol. The zero-order valence-electron chi connectivity index (χ0n) is 11.8. The highest BCUT2D eigenvalue weighted by atomic mass is 15.2. The van der Waals surface area contributed by atoms with Crippen LogP contribution in [-0.4, -0.2) is 23.1 Å². The van der Waals surface area contributed by atoms with E-state index in [0.717, 1.165) is 43.0 Å². The van der Waals surface area contributed by atoms with E-state index < -0.39 is 0 Å². The number of anilines is 2. The summed E-state index contributed by atoms with van der Waals surface area (Å²) in [4.78, 5) is 11.3. The molecule has 1 aliphatic carbocycles. The molecule has 1 saturated carbocycles. The summed E-state index contributed by atoms with van der Waals surface area (Å²) < 4.78 is 0. The fourth-order valence-corrected chi connectivity index (χ4v) is 3.63. The fourth-order valence-electron chi connectivity index (χ4n) is 3.63. The van der Waals surface area contributed by atoms with Crippen molar-refractivity contribution in [3.63, 3.8) is 0 Å². The summed E-state index contributed by atoms with van der Waals surface area (Å²) >= 11 is 0. The topological polar surface area (TPSA) is 55.0 Å². The van der Waals surface area contributed by atoms with Gasteiger partial charge in [-0.3, -0.25) is 0 Å². The molecule has 1 aromatic rings. The van der Waals surface area contributed by atoms with Gasteiger partial charge in [-0.15, -0.1) is 0 Å². The summed E-state index contributed by atoms with van der Waals surface area (Å²) in [7, 11) is 0. The molecule has 0 aromatic carbocycles. The van der Waals surface area contributed by atoms with Crippen LogP contribution in [0.3, 0.4) is 0 Å². The lowest BCUT2D eigenvalue weighted by atomic mass is 9.75. The summed E-state index contributed by atoms with van der Waals surface area (Å²) in [6.07, 6.45) is 7.82. The molecule has 0 bridgehead atoms. The van der Waals surface area contributed by atoms with Crippen molar-refractivity contribution in [1.82, 2.24) is 9.97 Å². The van der Waals surface area contributed by atoms with Gasteiger partial charge in [0.15, 0.2) is 0 Å². The quantitative estimate of drug-likeness (QED) is 0.888. The lowest BCUT2D eigenvalue weighted by Crippen LogP contribution is -2.42. The number of nitrogens with zero attached hydrogens (tertiary/aromatic N) is 3. The van der Waals surface area contributed by atoms with Crippen molar-refractivity contribution in [3.8, 4) is 0 Å². The SMILES string of the molecule is CCc1nc(N)cc(N2CCC3CCCCC3C2)n1. The number of nitrogen functional groups attached to an aromatic ring is 1. The summed E-state index contributed by atoms with van der Waals surface area (Å²) in [6.45, 7) is 4.36. The van der Waals surface area contributed by atoms with Crippen LogP contribution in [0.5, 0.6) is 0 Å². The number of piperidine rings is 1. The van der Waals surface area contributed by atoms with E-state index in [2.05, 4.69) is 21.8 Å². The average molecular weight is 260 g/mol. The van der Waals surface area contributed by atoms with E-state index in [0.29, 0.717) is 5.82 Å². The highest BCUT2D eigenvalue weighted by Gasteiger charge is 2.31. The van der Waals surface area contributed by atoms with Gasteiger partial charge in [-0.05, 0) is 24.7 Å². The summed E-state index contributed by atoms with van der Waals surface area (Å²) in [5.41, 5.74) is 5.90. The molecular weight excluding hydrogens is 236 g/mol. The van der Waals surface area contributed by atoms with Crippen LogP contribution in [0.15, 0.2) is 6.07 Å². The van der Waals surface area contributed by atoms with E-state index in [-0.39, 0.29) is 0 Å². The molecule has 4 nitrogen and oxygen atoms in total. The third kappa shape index (κ3) is 2.67. The van der Waals surface area contributed by atoms with Crippen molar-refractivity contribution in [2.24, 2.45) is 11.8 Å². The maximum Gasteiger partial charge on any atom is 0.134 e. The largest absolute Gasteiger partial charge is 0.384 e. The van der Waals surface area contributed by atoms with Crippen LogP contribution in [-0.2, 0) is 6.42 Å². The summed E-state index contributed by atoms with van der Waals surface area (Å²) in [5.74, 6) is 4.32. The van der Waals surface area contributed by atoms with Gasteiger partial charge in [0.1, 0.15) is 17.5 Å². The van der Waals surface area contributed by atoms with E-state index in [1.165, 1.54) is 32.1 Å². The van der Waals surface area contributed by atoms with Gasteiger partial charge in [0.25, 0.3) is 0 Å². The third-order valence-electron chi connectivity index (χ3n) is 4.71. The van der Waals surface area contributed by atoms with Gasteiger partial charge < -0.3 is 10.6 Å². The van der Waals surface area contributed by atoms with Gasteiger partial charge in [0.2, 0.25) is 0 Å². The Balaban J connectivity index is 1.77. The molecule has 104 valence electrons. The van der Waals surface area contributed by atoms with Gasteiger partial charge in [0.05, 0.1) is 0 Å². The molecule has 0 amide bonds. The van der Waals surface area contributed by atoms with E-state index in [1.807, 2.05) is 6.07 Å². The predicted octanol–water partition coefficient (Wildman–Crippen LogP) is 2.64. The second-order valence-corrected chi connectivity index (χ2v) is 5.96. The Morgan fingerprint density at radius 3 is 2.79 bits per heavy atom. The van der Waals surface area contributed by atoms with Crippen molar-refractivity contribution in [1.29, 1.82) is 0 Å². The van der Waals surface area contributed by atoms with Gasteiger partial charge in [0, 0.05) is 25.6 Å². The van der Waals surface area contributed by atoms with Crippen LogP contribution in [0.4, 0.5) is 11.6 Å². The molecule has 2 unspecified atom stereocenters. The Hall–Kier alpha value is -1.32. The second-order valence-electron chi connectivity index (χ2n) is 5.96. The molecule has 3 rings (SSSR count). The summed E-state index contributed by atoms with van der Waals surface area (Å²) in [6, 6.07) is 1.93. The van der Waals surface area contributed by atoms with Crippen LogP contribution < -0.4 is 10.6 Å². The van der Waals surface area contributed by atoms with Gasteiger partial charge in [-0.1, -0.05) is 26.2 Å². The third-order valence-corrected chi connectivity index (χ3v) is 4.71. The highest BCUT2D eigenvalue weighted by molar-refractivity contribution is 5.47. The molecule has 2 heterocycles. The Bertz CT molecular complexity index is 446. The van der Waals surface area contributed by atoms with Crippen molar-refractivity contribution >= 4 is 11.6 Å². The number of aryl methyl sites for hydroxylation is 1. The fraction of sp³-hybridized carbons (Fsp3) is 0.733. The average Bonchev–Trinajstić information content (AvgIpc) is 2.46. The molecule has 2 fully saturated rings. The highest BCUT2D eigenvalue weighted by Crippen LogP contribution is 2.37. The van der Waals surface area contributed by atoms with E-state index in [9.17, 15) is 0 Å². The Labute approximate surface area is 115 Å². The van der Waals surface area contributed by atoms with Crippen LogP contribution in [0, 0.1) is 11.8 Å². The number of aromatic nitrogens is 2. The number of hydrogen-bond acceptors (Lipinski definition) is 4. The molecular formula is C15H24N4. The zero-order chi connectivity index (χ0) is 13.2. The Morgan fingerprint density at radius 2 is 2.00 bits per heavy atom. The molecule has 2 N–H and O–H groups in total. The molecule has 0 radical (unpaired) electrons. The minimum Gasteiger partial charge on any atom is -0.384 e. The number of fused-ring (bicyclic) bond motifs is 1. The number of rotatable bonds is 2. The molecule has 4 heteroatoms. The maximum absolute atomic E-state index is 5.90. The zero-order valence-corrected chi connectivity index (χ0v) is 11.8. The molecule has 1 aromatic heterocycles. The molecule has 19 heavy (non-hydrogen) atoms. The maximum atomic E-state index is 5.90. The van der Waals surface area contributed by atoms with Crippen LogP contribution >= 0.6 is 0 Å². The first-order valence-electron chi connectivity index (χ1n) is 7.64. The van der Waals surface area contributed by atoms with Gasteiger partial charge in [-0.25, -0.2) is 9.97 Å². The minimum absolute atomic E-state index is 0.604. The first-order valence-corrected chi connectivity index (χ1v) is 7.64. The van der Waals surface area contributed by atoms with Crippen molar-refractivity contribution < 1.29 is 0 Å². The van der Waals surface area contributed by atoms with Gasteiger partial charge >= 0.3 is 0 Å². The molecule has 2 atom stereocenters. The van der Waals surface area contributed by atoms with Crippen LogP contribution in [0.2, 0.25) is 0 Å². The molecule has 2 aliphatic rings.